The third kappa shape index (κ3) is 5.87. The maximum absolute atomic E-state index is 12.2. The van der Waals surface area contributed by atoms with Crippen LogP contribution >= 0.6 is 0 Å². The van der Waals surface area contributed by atoms with Crippen molar-refractivity contribution in [2.45, 2.75) is 32.0 Å². The van der Waals surface area contributed by atoms with Gasteiger partial charge >= 0.3 is 0 Å². The summed E-state index contributed by atoms with van der Waals surface area (Å²) in [6.45, 7) is 1.55. The second kappa shape index (κ2) is 10.5. The summed E-state index contributed by atoms with van der Waals surface area (Å²) in [6.07, 6.45) is 1.32. The van der Waals surface area contributed by atoms with E-state index in [1.807, 2.05) is 42.5 Å². The van der Waals surface area contributed by atoms with Gasteiger partial charge in [-0.15, -0.1) is 0 Å². The molecule has 0 spiro atoms. The van der Waals surface area contributed by atoms with E-state index in [-0.39, 0.29) is 12.0 Å². The van der Waals surface area contributed by atoms with Crippen LogP contribution in [0.1, 0.15) is 24.0 Å². The average molecular weight is 412 g/mol. The van der Waals surface area contributed by atoms with Gasteiger partial charge in [0.05, 0.1) is 20.8 Å². The van der Waals surface area contributed by atoms with Crippen molar-refractivity contribution < 1.29 is 19.0 Å². The van der Waals surface area contributed by atoms with E-state index >= 15 is 0 Å². The largest absolute Gasteiger partial charge is 0.493 e. The van der Waals surface area contributed by atoms with Crippen molar-refractivity contribution in [3.63, 3.8) is 0 Å². The number of nitrogens with zero attached hydrogens (tertiary/aromatic N) is 1. The molecule has 0 saturated carbocycles. The van der Waals surface area contributed by atoms with Crippen molar-refractivity contribution >= 4 is 17.6 Å². The van der Waals surface area contributed by atoms with Crippen LogP contribution in [0.2, 0.25) is 0 Å². The average Bonchev–Trinajstić information content (AvgIpc) is 3.31. The molecule has 160 valence electrons. The Hall–Kier alpha value is -3.26. The van der Waals surface area contributed by atoms with Gasteiger partial charge in [0.1, 0.15) is 6.10 Å². The fourth-order valence-electron chi connectivity index (χ4n) is 3.17. The van der Waals surface area contributed by atoms with Crippen LogP contribution in [-0.4, -0.2) is 38.8 Å². The lowest BCUT2D eigenvalue weighted by molar-refractivity contribution is -0.124. The van der Waals surface area contributed by atoms with E-state index in [9.17, 15) is 4.79 Å². The Labute approximate surface area is 176 Å². The molecular weight excluding hydrogens is 384 g/mol. The smallest absolute Gasteiger partial charge is 0.253 e. The van der Waals surface area contributed by atoms with Crippen molar-refractivity contribution in [1.82, 2.24) is 5.32 Å². The number of aliphatic imine (C=N–C) groups is 1. The van der Waals surface area contributed by atoms with Crippen molar-refractivity contribution in [2.75, 3.05) is 26.1 Å². The van der Waals surface area contributed by atoms with Crippen LogP contribution in [0.4, 0.5) is 5.69 Å². The van der Waals surface area contributed by atoms with Crippen LogP contribution < -0.4 is 25.8 Å². The van der Waals surface area contributed by atoms with Crippen LogP contribution in [0.15, 0.2) is 47.5 Å². The lowest BCUT2D eigenvalue weighted by Crippen LogP contribution is -2.31. The highest BCUT2D eigenvalue weighted by Gasteiger charge is 2.23. The van der Waals surface area contributed by atoms with E-state index in [0.29, 0.717) is 37.2 Å². The Balaban J connectivity index is 1.53. The van der Waals surface area contributed by atoms with Gasteiger partial charge in [0.2, 0.25) is 0 Å². The molecule has 8 heteroatoms. The van der Waals surface area contributed by atoms with Crippen molar-refractivity contribution in [2.24, 2.45) is 10.7 Å². The predicted molar refractivity (Wildman–Crippen MR) is 116 cm³/mol. The summed E-state index contributed by atoms with van der Waals surface area (Å²) >= 11 is 0. The molecule has 1 aliphatic rings. The first-order valence-electron chi connectivity index (χ1n) is 9.85. The standard InChI is InChI=1S/C22H28N4O4/c1-28-18-9-8-16(12-20(18)29-2)14-25-22(23)24-13-15-5-3-6-17(11-15)26-21(27)19-7-4-10-30-19/h3,5-6,8-9,11-12,19H,4,7,10,13-14H2,1-2H3,(H,26,27)(H3,23,24,25). The summed E-state index contributed by atoms with van der Waals surface area (Å²) in [5.74, 6) is 1.56. The number of hydrogen-bond donors (Lipinski definition) is 3. The van der Waals surface area contributed by atoms with Gasteiger partial charge in [-0.05, 0) is 48.2 Å². The molecule has 1 amide bonds. The zero-order valence-corrected chi connectivity index (χ0v) is 17.3. The molecule has 30 heavy (non-hydrogen) atoms. The number of anilines is 1. The summed E-state index contributed by atoms with van der Waals surface area (Å²) in [5, 5.41) is 5.98. The number of hydrogen-bond acceptors (Lipinski definition) is 5. The number of amides is 1. The minimum Gasteiger partial charge on any atom is -0.493 e. The van der Waals surface area contributed by atoms with E-state index in [2.05, 4.69) is 15.6 Å². The first-order chi connectivity index (χ1) is 14.6. The van der Waals surface area contributed by atoms with Crippen LogP contribution in [0.25, 0.3) is 0 Å². The normalized spacial score (nSPS) is 16.2. The highest BCUT2D eigenvalue weighted by molar-refractivity contribution is 5.94. The van der Waals surface area contributed by atoms with Crippen LogP contribution in [-0.2, 0) is 22.6 Å². The maximum Gasteiger partial charge on any atom is 0.253 e. The first kappa shape index (κ1) is 21.4. The number of carbonyl (C=O) groups is 1. The summed E-state index contributed by atoms with van der Waals surface area (Å²) in [6, 6.07) is 13.2. The molecule has 4 N–H and O–H groups in total. The minimum atomic E-state index is -0.358. The summed E-state index contributed by atoms with van der Waals surface area (Å²) in [4.78, 5) is 16.6. The van der Waals surface area contributed by atoms with Gasteiger partial charge in [-0.25, -0.2) is 4.99 Å². The van der Waals surface area contributed by atoms with Gasteiger partial charge < -0.3 is 30.6 Å². The van der Waals surface area contributed by atoms with Gasteiger partial charge in [0.25, 0.3) is 5.91 Å². The molecule has 1 unspecified atom stereocenters. The van der Waals surface area contributed by atoms with Gasteiger partial charge in [0, 0.05) is 18.8 Å². The summed E-state index contributed by atoms with van der Waals surface area (Å²) in [5.41, 5.74) is 8.65. The Morgan fingerprint density at radius 1 is 1.17 bits per heavy atom. The number of ether oxygens (including phenoxy) is 3. The molecule has 0 bridgehead atoms. The Bertz CT molecular complexity index is 894. The molecule has 1 saturated heterocycles. The minimum absolute atomic E-state index is 0.107. The SMILES string of the molecule is COc1ccc(CNC(N)=NCc2cccc(NC(=O)C3CCCO3)c2)cc1OC. The molecule has 8 nitrogen and oxygen atoms in total. The Morgan fingerprint density at radius 2 is 2.00 bits per heavy atom. The van der Waals surface area contributed by atoms with E-state index in [0.717, 1.165) is 29.7 Å². The lowest BCUT2D eigenvalue weighted by Gasteiger charge is -2.11. The van der Waals surface area contributed by atoms with Crippen LogP contribution in [0, 0.1) is 0 Å². The number of nitrogens with one attached hydrogen (secondary N) is 2. The number of methoxy groups -OCH3 is 2. The van der Waals surface area contributed by atoms with Crippen LogP contribution in [0.3, 0.4) is 0 Å². The van der Waals surface area contributed by atoms with Gasteiger partial charge in [-0.1, -0.05) is 18.2 Å². The zero-order valence-electron chi connectivity index (χ0n) is 17.3. The lowest BCUT2D eigenvalue weighted by atomic mass is 10.2. The predicted octanol–water partition coefficient (Wildman–Crippen LogP) is 2.43. The van der Waals surface area contributed by atoms with E-state index < -0.39 is 0 Å². The highest BCUT2D eigenvalue weighted by atomic mass is 16.5. The molecule has 1 fully saturated rings. The quantitative estimate of drug-likeness (QED) is 0.454. The van der Waals surface area contributed by atoms with Gasteiger partial charge in [-0.3, -0.25) is 4.79 Å². The second-order valence-electron chi connectivity index (χ2n) is 6.94. The van der Waals surface area contributed by atoms with E-state index in [4.69, 9.17) is 19.9 Å². The monoisotopic (exact) mass is 412 g/mol. The molecule has 0 aliphatic carbocycles. The highest BCUT2D eigenvalue weighted by Crippen LogP contribution is 2.27. The number of carbonyl (C=O) groups excluding carboxylic acids is 1. The van der Waals surface area contributed by atoms with E-state index in [1.54, 1.807) is 14.2 Å². The molecular formula is C22H28N4O4. The zero-order chi connectivity index (χ0) is 21.3. The molecule has 2 aromatic rings. The van der Waals surface area contributed by atoms with Crippen molar-refractivity contribution in [3.05, 3.63) is 53.6 Å². The van der Waals surface area contributed by atoms with Crippen molar-refractivity contribution in [1.29, 1.82) is 0 Å². The maximum atomic E-state index is 12.2. The van der Waals surface area contributed by atoms with Gasteiger partial charge in [0.15, 0.2) is 17.5 Å². The van der Waals surface area contributed by atoms with E-state index in [1.165, 1.54) is 0 Å². The summed E-state index contributed by atoms with van der Waals surface area (Å²) < 4.78 is 16.0. The Kier molecular flexibility index (Phi) is 7.51. The number of benzene rings is 2. The summed E-state index contributed by atoms with van der Waals surface area (Å²) in [7, 11) is 3.20. The third-order valence-electron chi connectivity index (χ3n) is 4.77. The Morgan fingerprint density at radius 3 is 2.73 bits per heavy atom. The molecule has 2 aromatic carbocycles. The second-order valence-corrected chi connectivity index (χ2v) is 6.94. The molecule has 1 aliphatic heterocycles. The molecule has 1 heterocycles. The molecule has 1 atom stereocenters. The number of nitrogens with two attached hydrogens (primary N) is 1. The number of guanidine groups is 1. The molecule has 0 radical (unpaired) electrons. The fourth-order valence-corrected chi connectivity index (χ4v) is 3.17. The fraction of sp³-hybridized carbons (Fsp3) is 0.364. The molecule has 3 rings (SSSR count). The van der Waals surface area contributed by atoms with Gasteiger partial charge in [-0.2, -0.15) is 0 Å². The van der Waals surface area contributed by atoms with Crippen molar-refractivity contribution in [3.8, 4) is 11.5 Å². The number of rotatable bonds is 8. The first-order valence-corrected chi connectivity index (χ1v) is 9.85. The van der Waals surface area contributed by atoms with Crippen LogP contribution in [0.5, 0.6) is 11.5 Å². The topological polar surface area (TPSA) is 107 Å². The third-order valence-corrected chi connectivity index (χ3v) is 4.77. The molecule has 0 aromatic heterocycles.